The van der Waals surface area contributed by atoms with Gasteiger partial charge in [0, 0.05) is 18.8 Å². The van der Waals surface area contributed by atoms with Crippen molar-refractivity contribution in [1.29, 1.82) is 0 Å². The molecule has 1 aliphatic carbocycles. The van der Waals surface area contributed by atoms with Crippen LogP contribution in [0.5, 0.6) is 0 Å². The fraction of sp³-hybridized carbons (Fsp3) is 0.643. The number of hydrogen-bond donors (Lipinski definition) is 1. The van der Waals surface area contributed by atoms with Crippen molar-refractivity contribution in [3.8, 4) is 0 Å². The monoisotopic (exact) mass is 269 g/mol. The number of halogens is 1. The molecule has 0 saturated heterocycles. The molecule has 2 rings (SSSR count). The van der Waals surface area contributed by atoms with Gasteiger partial charge in [0.2, 0.25) is 0 Å². The summed E-state index contributed by atoms with van der Waals surface area (Å²) in [4.78, 5) is 11.9. The van der Waals surface area contributed by atoms with E-state index in [-0.39, 0.29) is 5.91 Å². The van der Waals surface area contributed by atoms with Crippen LogP contribution in [-0.4, -0.2) is 18.3 Å². The molecule has 0 aliphatic heterocycles. The predicted molar refractivity (Wildman–Crippen MR) is 72.0 cm³/mol. The van der Waals surface area contributed by atoms with Gasteiger partial charge in [0.25, 0.3) is 5.91 Å². The highest BCUT2D eigenvalue weighted by molar-refractivity contribution is 6.18. The molecule has 100 valence electrons. The first-order valence-electron chi connectivity index (χ1n) is 6.67. The van der Waals surface area contributed by atoms with Crippen LogP contribution in [0.25, 0.3) is 0 Å². The van der Waals surface area contributed by atoms with Crippen molar-refractivity contribution in [2.75, 3.05) is 12.4 Å². The topological polar surface area (TPSA) is 42.2 Å². The molecule has 1 aromatic rings. The molecule has 1 saturated carbocycles. The summed E-state index contributed by atoms with van der Waals surface area (Å²) in [6.07, 6.45) is 4.38. The average Bonchev–Trinajstić information content (AvgIpc) is 3.04. The molecule has 3 nitrogen and oxygen atoms in total. The molecule has 2 unspecified atom stereocenters. The van der Waals surface area contributed by atoms with E-state index in [9.17, 15) is 4.79 Å². The van der Waals surface area contributed by atoms with Crippen LogP contribution in [0.4, 0.5) is 0 Å². The van der Waals surface area contributed by atoms with Crippen LogP contribution in [0.2, 0.25) is 0 Å². The lowest BCUT2D eigenvalue weighted by atomic mass is 9.98. The van der Waals surface area contributed by atoms with Gasteiger partial charge in [-0.15, -0.1) is 11.6 Å². The Morgan fingerprint density at radius 1 is 1.44 bits per heavy atom. The van der Waals surface area contributed by atoms with Crippen LogP contribution >= 0.6 is 11.6 Å². The Hall–Kier alpha value is -0.960. The summed E-state index contributed by atoms with van der Waals surface area (Å²) in [5.41, 5.74) is 0. The number of hydrogen-bond acceptors (Lipinski definition) is 2. The Balaban J connectivity index is 1.84. The number of nitrogens with one attached hydrogen (secondary N) is 1. The molecule has 0 spiro atoms. The molecule has 1 aliphatic rings. The largest absolute Gasteiger partial charge is 0.456 e. The van der Waals surface area contributed by atoms with Crippen molar-refractivity contribution >= 4 is 17.5 Å². The summed E-state index contributed by atoms with van der Waals surface area (Å²) < 4.78 is 5.42. The predicted octanol–water partition coefficient (Wildman–Crippen LogP) is 3.23. The van der Waals surface area contributed by atoms with Gasteiger partial charge in [0.1, 0.15) is 5.76 Å². The molecular weight excluding hydrogens is 250 g/mol. The fourth-order valence-electron chi connectivity index (χ4n) is 2.59. The molecule has 18 heavy (non-hydrogen) atoms. The number of aryl methyl sites for hydroxylation is 1. The maximum atomic E-state index is 11.9. The molecule has 1 amide bonds. The maximum absolute atomic E-state index is 11.9. The van der Waals surface area contributed by atoms with Gasteiger partial charge in [0.05, 0.1) is 0 Å². The first-order valence-corrected chi connectivity index (χ1v) is 7.21. The Morgan fingerprint density at radius 3 is 2.89 bits per heavy atom. The molecule has 1 fully saturated rings. The highest BCUT2D eigenvalue weighted by Crippen LogP contribution is 2.31. The van der Waals surface area contributed by atoms with Gasteiger partial charge in [-0.05, 0) is 36.8 Å². The van der Waals surface area contributed by atoms with E-state index < -0.39 is 0 Å². The Bertz CT molecular complexity index is 402. The van der Waals surface area contributed by atoms with Gasteiger partial charge in [-0.25, -0.2) is 0 Å². The summed E-state index contributed by atoms with van der Waals surface area (Å²) in [6.45, 7) is 2.71. The molecule has 4 heteroatoms. The molecule has 0 radical (unpaired) electrons. The zero-order valence-corrected chi connectivity index (χ0v) is 11.5. The van der Waals surface area contributed by atoms with E-state index in [2.05, 4.69) is 5.32 Å². The van der Waals surface area contributed by atoms with Gasteiger partial charge in [-0.2, -0.15) is 0 Å². The van der Waals surface area contributed by atoms with E-state index in [1.54, 1.807) is 6.07 Å². The number of furan rings is 1. The number of carbonyl (C=O) groups is 1. The summed E-state index contributed by atoms with van der Waals surface area (Å²) in [5.74, 6) is 2.91. The van der Waals surface area contributed by atoms with Crippen molar-refractivity contribution < 1.29 is 9.21 Å². The minimum atomic E-state index is -0.116. The van der Waals surface area contributed by atoms with Crippen molar-refractivity contribution in [3.05, 3.63) is 23.7 Å². The van der Waals surface area contributed by atoms with E-state index in [0.29, 0.717) is 30.0 Å². The fourth-order valence-corrected chi connectivity index (χ4v) is 2.99. The summed E-state index contributed by atoms with van der Waals surface area (Å²) in [7, 11) is 0. The SMILES string of the molecule is CCc1ccc(C(=O)NCC2CCCC2CCl)o1. The molecular formula is C14H20ClNO2. The molecule has 1 aromatic heterocycles. The molecule has 1 heterocycles. The minimum Gasteiger partial charge on any atom is -0.456 e. The van der Waals surface area contributed by atoms with Gasteiger partial charge < -0.3 is 9.73 Å². The zero-order valence-electron chi connectivity index (χ0n) is 10.7. The highest BCUT2D eigenvalue weighted by Gasteiger charge is 2.26. The maximum Gasteiger partial charge on any atom is 0.287 e. The number of amides is 1. The number of alkyl halides is 1. The van der Waals surface area contributed by atoms with Crippen molar-refractivity contribution in [3.63, 3.8) is 0 Å². The summed E-state index contributed by atoms with van der Waals surface area (Å²) in [6, 6.07) is 3.59. The number of carbonyl (C=O) groups excluding carboxylic acids is 1. The number of rotatable bonds is 5. The second-order valence-corrected chi connectivity index (χ2v) is 5.24. The average molecular weight is 270 g/mol. The second kappa shape index (κ2) is 6.28. The molecule has 0 aromatic carbocycles. The van der Waals surface area contributed by atoms with E-state index in [1.807, 2.05) is 13.0 Å². The quantitative estimate of drug-likeness (QED) is 0.834. The van der Waals surface area contributed by atoms with Crippen molar-refractivity contribution in [1.82, 2.24) is 5.32 Å². The first kappa shape index (κ1) is 13.5. The van der Waals surface area contributed by atoms with Crippen molar-refractivity contribution in [2.45, 2.75) is 32.6 Å². The third kappa shape index (κ3) is 3.08. The van der Waals surface area contributed by atoms with E-state index >= 15 is 0 Å². The van der Waals surface area contributed by atoms with Crippen molar-refractivity contribution in [2.24, 2.45) is 11.8 Å². The normalized spacial score (nSPS) is 23.2. The minimum absolute atomic E-state index is 0.116. The van der Waals surface area contributed by atoms with Crippen LogP contribution < -0.4 is 5.32 Å². The zero-order chi connectivity index (χ0) is 13.0. The summed E-state index contributed by atoms with van der Waals surface area (Å²) in [5, 5.41) is 2.95. The van der Waals surface area contributed by atoms with Gasteiger partial charge in [-0.3, -0.25) is 4.79 Å². The van der Waals surface area contributed by atoms with Crippen LogP contribution in [-0.2, 0) is 6.42 Å². The van der Waals surface area contributed by atoms with E-state index in [4.69, 9.17) is 16.0 Å². The Kier molecular flexibility index (Phi) is 4.70. The van der Waals surface area contributed by atoms with Crippen LogP contribution in [0.15, 0.2) is 16.5 Å². The van der Waals surface area contributed by atoms with Crippen LogP contribution in [0.3, 0.4) is 0 Å². The Morgan fingerprint density at radius 2 is 2.22 bits per heavy atom. The lowest BCUT2D eigenvalue weighted by Crippen LogP contribution is -2.31. The lowest BCUT2D eigenvalue weighted by Gasteiger charge is -2.17. The van der Waals surface area contributed by atoms with Gasteiger partial charge in [0.15, 0.2) is 5.76 Å². The molecule has 1 N–H and O–H groups in total. The van der Waals surface area contributed by atoms with E-state index in [1.165, 1.54) is 12.8 Å². The Labute approximate surface area is 113 Å². The molecule has 2 atom stereocenters. The standard InChI is InChI=1S/C14H20ClNO2/c1-2-12-6-7-13(18-12)14(17)16-9-11-5-3-4-10(11)8-15/h6-7,10-11H,2-5,8-9H2,1H3,(H,16,17). The van der Waals surface area contributed by atoms with Gasteiger partial charge >= 0.3 is 0 Å². The van der Waals surface area contributed by atoms with Crippen LogP contribution in [0, 0.1) is 11.8 Å². The lowest BCUT2D eigenvalue weighted by molar-refractivity contribution is 0.0915. The molecule has 0 bridgehead atoms. The first-order chi connectivity index (χ1) is 8.74. The van der Waals surface area contributed by atoms with Crippen LogP contribution in [0.1, 0.15) is 42.5 Å². The summed E-state index contributed by atoms with van der Waals surface area (Å²) >= 11 is 5.93. The highest BCUT2D eigenvalue weighted by atomic mass is 35.5. The van der Waals surface area contributed by atoms with Gasteiger partial charge in [-0.1, -0.05) is 13.3 Å². The third-order valence-electron chi connectivity index (χ3n) is 3.77. The third-order valence-corrected chi connectivity index (χ3v) is 4.17. The smallest absolute Gasteiger partial charge is 0.287 e. The van der Waals surface area contributed by atoms with E-state index in [0.717, 1.165) is 18.6 Å². The second-order valence-electron chi connectivity index (χ2n) is 4.93.